The smallest absolute Gasteiger partial charge is 0.335 e. The van der Waals surface area contributed by atoms with Crippen molar-refractivity contribution < 1.29 is 24.1 Å². The third-order valence-electron chi connectivity index (χ3n) is 3.11. The van der Waals surface area contributed by atoms with Crippen molar-refractivity contribution in [2.24, 2.45) is 0 Å². The van der Waals surface area contributed by atoms with E-state index < -0.39 is 5.97 Å². The average Bonchev–Trinajstić information content (AvgIpc) is 2.53. The Hall–Kier alpha value is -2.69. The van der Waals surface area contributed by atoms with Gasteiger partial charge in [0.15, 0.2) is 0 Å². The highest BCUT2D eigenvalue weighted by atomic mass is 16.5. The van der Waals surface area contributed by atoms with Crippen molar-refractivity contribution in [2.75, 3.05) is 21.3 Å². The first-order valence-electron chi connectivity index (χ1n) is 6.23. The van der Waals surface area contributed by atoms with Gasteiger partial charge in [-0.3, -0.25) is 0 Å². The Morgan fingerprint density at radius 1 is 0.905 bits per heavy atom. The quantitative estimate of drug-likeness (QED) is 0.916. The number of carboxylic acid groups (broad SMARTS) is 1. The maximum absolute atomic E-state index is 11.2. The molecule has 2 aromatic rings. The number of carboxylic acids is 1. The molecule has 110 valence electrons. The van der Waals surface area contributed by atoms with Crippen LogP contribution < -0.4 is 14.2 Å². The minimum absolute atomic E-state index is 0.147. The molecule has 0 heterocycles. The van der Waals surface area contributed by atoms with Gasteiger partial charge in [0.2, 0.25) is 0 Å². The molecule has 0 aliphatic rings. The molecule has 0 atom stereocenters. The van der Waals surface area contributed by atoms with Gasteiger partial charge in [-0.25, -0.2) is 4.79 Å². The lowest BCUT2D eigenvalue weighted by atomic mass is 10.0. The van der Waals surface area contributed by atoms with Gasteiger partial charge < -0.3 is 19.3 Å². The molecule has 5 heteroatoms. The maximum atomic E-state index is 11.2. The van der Waals surface area contributed by atoms with Crippen LogP contribution in [0, 0.1) is 0 Å². The van der Waals surface area contributed by atoms with E-state index in [1.165, 1.54) is 13.2 Å². The average molecular weight is 288 g/mol. The summed E-state index contributed by atoms with van der Waals surface area (Å²) in [6.45, 7) is 0. The van der Waals surface area contributed by atoms with Gasteiger partial charge in [0, 0.05) is 5.56 Å². The SMILES string of the molecule is COc1cc(C(=O)O)cc(-c2cc(OC)ccc2OC)c1. The van der Waals surface area contributed by atoms with Crippen molar-refractivity contribution in [1.29, 1.82) is 0 Å². The summed E-state index contributed by atoms with van der Waals surface area (Å²) in [6, 6.07) is 10.1. The number of carbonyl (C=O) groups is 1. The molecular formula is C16H16O5. The zero-order valence-electron chi connectivity index (χ0n) is 12.0. The lowest BCUT2D eigenvalue weighted by molar-refractivity contribution is 0.0696. The molecule has 2 rings (SSSR count). The number of benzene rings is 2. The monoisotopic (exact) mass is 288 g/mol. The number of hydrogen-bond donors (Lipinski definition) is 1. The fourth-order valence-corrected chi connectivity index (χ4v) is 2.04. The van der Waals surface area contributed by atoms with E-state index in [1.54, 1.807) is 44.6 Å². The van der Waals surface area contributed by atoms with Crippen LogP contribution in [0.15, 0.2) is 36.4 Å². The molecule has 0 saturated heterocycles. The van der Waals surface area contributed by atoms with Crippen molar-refractivity contribution in [3.63, 3.8) is 0 Å². The molecule has 0 aliphatic heterocycles. The molecule has 21 heavy (non-hydrogen) atoms. The van der Waals surface area contributed by atoms with Crippen LogP contribution >= 0.6 is 0 Å². The Labute approximate surface area is 122 Å². The maximum Gasteiger partial charge on any atom is 0.335 e. The van der Waals surface area contributed by atoms with E-state index in [2.05, 4.69) is 0 Å². The molecule has 2 aromatic carbocycles. The van der Waals surface area contributed by atoms with Crippen molar-refractivity contribution >= 4 is 5.97 Å². The van der Waals surface area contributed by atoms with Gasteiger partial charge in [-0.05, 0) is 42.0 Å². The van der Waals surface area contributed by atoms with Crippen LogP contribution in [0.5, 0.6) is 17.2 Å². The summed E-state index contributed by atoms with van der Waals surface area (Å²) in [5, 5.41) is 9.19. The first-order chi connectivity index (χ1) is 10.1. The molecule has 0 aliphatic carbocycles. The Balaban J connectivity index is 2.64. The van der Waals surface area contributed by atoms with Crippen LogP contribution in [-0.4, -0.2) is 32.4 Å². The fraction of sp³-hybridized carbons (Fsp3) is 0.188. The summed E-state index contributed by atoms with van der Waals surface area (Å²) in [7, 11) is 4.62. The molecule has 0 radical (unpaired) electrons. The molecule has 0 saturated carbocycles. The van der Waals surface area contributed by atoms with Crippen molar-refractivity contribution in [3.05, 3.63) is 42.0 Å². The molecule has 0 bridgehead atoms. The van der Waals surface area contributed by atoms with Crippen LogP contribution in [-0.2, 0) is 0 Å². The normalized spacial score (nSPS) is 10.0. The van der Waals surface area contributed by atoms with E-state index in [-0.39, 0.29) is 5.56 Å². The van der Waals surface area contributed by atoms with E-state index in [0.29, 0.717) is 22.8 Å². The molecule has 0 amide bonds. The second-order valence-corrected chi connectivity index (χ2v) is 4.32. The highest BCUT2D eigenvalue weighted by Gasteiger charge is 2.13. The van der Waals surface area contributed by atoms with Crippen LogP contribution in [0.1, 0.15) is 10.4 Å². The first-order valence-corrected chi connectivity index (χ1v) is 6.23. The fourth-order valence-electron chi connectivity index (χ4n) is 2.04. The Morgan fingerprint density at radius 2 is 1.62 bits per heavy atom. The number of methoxy groups -OCH3 is 3. The molecule has 1 N–H and O–H groups in total. The summed E-state index contributed by atoms with van der Waals surface area (Å²) >= 11 is 0. The lowest BCUT2D eigenvalue weighted by Crippen LogP contribution is -1.98. The first kappa shape index (κ1) is 14.7. The number of aromatic carboxylic acids is 1. The Morgan fingerprint density at radius 3 is 2.19 bits per heavy atom. The molecule has 0 unspecified atom stereocenters. The van der Waals surface area contributed by atoms with E-state index in [0.717, 1.165) is 5.56 Å². The standard InChI is InChI=1S/C16H16O5/c1-19-12-4-5-15(21-3)14(9-12)10-6-11(16(17)18)8-13(7-10)20-2/h4-9H,1-3H3,(H,17,18). The summed E-state index contributed by atoms with van der Waals surface area (Å²) in [6.07, 6.45) is 0. The number of hydrogen-bond acceptors (Lipinski definition) is 4. The van der Waals surface area contributed by atoms with Gasteiger partial charge >= 0.3 is 5.97 Å². The van der Waals surface area contributed by atoms with Gasteiger partial charge in [-0.2, -0.15) is 0 Å². The van der Waals surface area contributed by atoms with Crippen LogP contribution in [0.2, 0.25) is 0 Å². The predicted molar refractivity (Wildman–Crippen MR) is 78.5 cm³/mol. The largest absolute Gasteiger partial charge is 0.497 e. The minimum atomic E-state index is -1.02. The third kappa shape index (κ3) is 3.08. The molecule has 5 nitrogen and oxygen atoms in total. The second-order valence-electron chi connectivity index (χ2n) is 4.32. The van der Waals surface area contributed by atoms with Gasteiger partial charge in [0.05, 0.1) is 26.9 Å². The van der Waals surface area contributed by atoms with E-state index in [9.17, 15) is 9.90 Å². The van der Waals surface area contributed by atoms with Gasteiger partial charge in [-0.1, -0.05) is 0 Å². The summed E-state index contributed by atoms with van der Waals surface area (Å²) in [5.41, 5.74) is 1.56. The van der Waals surface area contributed by atoms with Crippen molar-refractivity contribution in [2.45, 2.75) is 0 Å². The number of rotatable bonds is 5. The minimum Gasteiger partial charge on any atom is -0.497 e. The highest BCUT2D eigenvalue weighted by Crippen LogP contribution is 2.35. The van der Waals surface area contributed by atoms with Crippen LogP contribution in [0.4, 0.5) is 0 Å². The Bertz CT molecular complexity index is 664. The summed E-state index contributed by atoms with van der Waals surface area (Å²) in [4.78, 5) is 11.2. The Kier molecular flexibility index (Phi) is 4.33. The topological polar surface area (TPSA) is 65.0 Å². The van der Waals surface area contributed by atoms with Crippen LogP contribution in [0.3, 0.4) is 0 Å². The van der Waals surface area contributed by atoms with Gasteiger partial charge in [0.1, 0.15) is 17.2 Å². The second kappa shape index (κ2) is 6.17. The third-order valence-corrected chi connectivity index (χ3v) is 3.11. The summed E-state index contributed by atoms with van der Waals surface area (Å²) < 4.78 is 15.7. The zero-order chi connectivity index (χ0) is 15.4. The van der Waals surface area contributed by atoms with Crippen molar-refractivity contribution in [3.8, 4) is 28.4 Å². The zero-order valence-corrected chi connectivity index (χ0v) is 12.0. The van der Waals surface area contributed by atoms with Gasteiger partial charge in [0.25, 0.3) is 0 Å². The molecule has 0 aromatic heterocycles. The number of ether oxygens (including phenoxy) is 3. The molecular weight excluding hydrogens is 272 g/mol. The lowest BCUT2D eigenvalue weighted by Gasteiger charge is -2.12. The summed E-state index contributed by atoms with van der Waals surface area (Å²) in [5.74, 6) is 0.734. The predicted octanol–water partition coefficient (Wildman–Crippen LogP) is 3.08. The van der Waals surface area contributed by atoms with Crippen LogP contribution in [0.25, 0.3) is 11.1 Å². The highest BCUT2D eigenvalue weighted by molar-refractivity contribution is 5.90. The van der Waals surface area contributed by atoms with E-state index in [1.807, 2.05) is 0 Å². The van der Waals surface area contributed by atoms with Crippen molar-refractivity contribution in [1.82, 2.24) is 0 Å². The molecule has 0 spiro atoms. The molecule has 0 fully saturated rings. The van der Waals surface area contributed by atoms with Gasteiger partial charge in [-0.15, -0.1) is 0 Å². The van der Waals surface area contributed by atoms with E-state index >= 15 is 0 Å². The van der Waals surface area contributed by atoms with E-state index in [4.69, 9.17) is 14.2 Å².